The standard InChI is InChI=1S/C12H22N2O3/c1-10(17-9-11-3-2-8-16-11)12(15)14-6-4-13-5-7-14/h10-11,13H,2-9H2,1H3. The van der Waals surface area contributed by atoms with Crippen molar-refractivity contribution in [3.63, 3.8) is 0 Å². The van der Waals surface area contributed by atoms with Gasteiger partial charge in [-0.25, -0.2) is 0 Å². The molecule has 17 heavy (non-hydrogen) atoms. The maximum absolute atomic E-state index is 12.0. The van der Waals surface area contributed by atoms with Crippen LogP contribution in [0.3, 0.4) is 0 Å². The van der Waals surface area contributed by atoms with Crippen LogP contribution in [-0.4, -0.2) is 62.4 Å². The average molecular weight is 242 g/mol. The minimum atomic E-state index is -0.350. The molecule has 5 heteroatoms. The topological polar surface area (TPSA) is 50.8 Å². The van der Waals surface area contributed by atoms with Gasteiger partial charge in [-0.05, 0) is 19.8 Å². The second-order valence-corrected chi connectivity index (χ2v) is 4.69. The summed E-state index contributed by atoms with van der Waals surface area (Å²) < 4.78 is 11.1. The molecule has 0 spiro atoms. The summed E-state index contributed by atoms with van der Waals surface area (Å²) in [6.45, 7) is 6.53. The molecular weight excluding hydrogens is 220 g/mol. The lowest BCUT2D eigenvalue weighted by Gasteiger charge is -2.30. The van der Waals surface area contributed by atoms with Crippen LogP contribution in [-0.2, 0) is 14.3 Å². The number of nitrogens with zero attached hydrogens (tertiary/aromatic N) is 1. The van der Waals surface area contributed by atoms with E-state index in [1.165, 1.54) is 0 Å². The van der Waals surface area contributed by atoms with Crippen molar-refractivity contribution < 1.29 is 14.3 Å². The molecule has 0 aromatic carbocycles. The van der Waals surface area contributed by atoms with Crippen LogP contribution < -0.4 is 5.32 Å². The van der Waals surface area contributed by atoms with E-state index >= 15 is 0 Å². The molecule has 1 N–H and O–H groups in total. The fraction of sp³-hybridized carbons (Fsp3) is 0.917. The van der Waals surface area contributed by atoms with Gasteiger partial charge in [-0.15, -0.1) is 0 Å². The highest BCUT2D eigenvalue weighted by molar-refractivity contribution is 5.80. The Bertz CT molecular complexity index is 248. The predicted molar refractivity (Wildman–Crippen MR) is 63.8 cm³/mol. The van der Waals surface area contributed by atoms with Crippen molar-refractivity contribution in [1.82, 2.24) is 10.2 Å². The van der Waals surface area contributed by atoms with Crippen molar-refractivity contribution in [3.8, 4) is 0 Å². The zero-order valence-electron chi connectivity index (χ0n) is 10.5. The third-order valence-corrected chi connectivity index (χ3v) is 3.33. The summed E-state index contributed by atoms with van der Waals surface area (Å²) in [4.78, 5) is 13.9. The van der Waals surface area contributed by atoms with E-state index in [-0.39, 0.29) is 18.1 Å². The van der Waals surface area contributed by atoms with Gasteiger partial charge in [0.25, 0.3) is 5.91 Å². The van der Waals surface area contributed by atoms with E-state index in [4.69, 9.17) is 9.47 Å². The highest BCUT2D eigenvalue weighted by atomic mass is 16.5. The largest absolute Gasteiger partial charge is 0.376 e. The number of rotatable bonds is 4. The molecular formula is C12H22N2O3. The number of hydrogen-bond acceptors (Lipinski definition) is 4. The zero-order valence-corrected chi connectivity index (χ0v) is 10.5. The zero-order chi connectivity index (χ0) is 12.1. The molecule has 0 bridgehead atoms. The van der Waals surface area contributed by atoms with Crippen LogP contribution in [0.4, 0.5) is 0 Å². The van der Waals surface area contributed by atoms with Gasteiger partial charge in [0.2, 0.25) is 0 Å². The summed E-state index contributed by atoms with van der Waals surface area (Å²) >= 11 is 0. The fourth-order valence-corrected chi connectivity index (χ4v) is 2.24. The van der Waals surface area contributed by atoms with Crippen LogP contribution in [0.2, 0.25) is 0 Å². The molecule has 0 aliphatic carbocycles. The summed E-state index contributed by atoms with van der Waals surface area (Å²) in [6, 6.07) is 0. The molecule has 0 saturated carbocycles. The first-order valence-corrected chi connectivity index (χ1v) is 6.50. The molecule has 2 saturated heterocycles. The molecule has 0 radical (unpaired) electrons. The van der Waals surface area contributed by atoms with Crippen LogP contribution in [0, 0.1) is 0 Å². The number of hydrogen-bond donors (Lipinski definition) is 1. The lowest BCUT2D eigenvalue weighted by molar-refractivity contribution is -0.145. The van der Waals surface area contributed by atoms with Crippen molar-refractivity contribution in [2.45, 2.75) is 32.0 Å². The number of carbonyl (C=O) groups excluding carboxylic acids is 1. The number of carbonyl (C=O) groups is 1. The quantitative estimate of drug-likeness (QED) is 0.754. The van der Waals surface area contributed by atoms with Gasteiger partial charge in [0, 0.05) is 32.8 Å². The number of nitrogens with one attached hydrogen (secondary N) is 1. The first-order chi connectivity index (χ1) is 8.27. The lowest BCUT2D eigenvalue weighted by Crippen LogP contribution is -2.50. The molecule has 2 fully saturated rings. The molecule has 98 valence electrons. The van der Waals surface area contributed by atoms with Gasteiger partial charge in [-0.1, -0.05) is 0 Å². The van der Waals surface area contributed by atoms with E-state index < -0.39 is 0 Å². The Morgan fingerprint density at radius 3 is 2.94 bits per heavy atom. The molecule has 1 amide bonds. The summed E-state index contributed by atoms with van der Waals surface area (Å²) in [5.41, 5.74) is 0. The SMILES string of the molecule is CC(OCC1CCCO1)C(=O)N1CCNCC1. The summed E-state index contributed by atoms with van der Waals surface area (Å²) in [5, 5.41) is 3.23. The van der Waals surface area contributed by atoms with E-state index in [9.17, 15) is 4.79 Å². The second kappa shape index (κ2) is 6.33. The minimum absolute atomic E-state index is 0.101. The van der Waals surface area contributed by atoms with Gasteiger partial charge in [-0.3, -0.25) is 4.79 Å². The lowest BCUT2D eigenvalue weighted by atomic mass is 10.2. The molecule has 2 unspecified atom stereocenters. The predicted octanol–water partition coefficient (Wildman–Crippen LogP) is 0.00230. The fourth-order valence-electron chi connectivity index (χ4n) is 2.24. The smallest absolute Gasteiger partial charge is 0.251 e. The minimum Gasteiger partial charge on any atom is -0.376 e. The van der Waals surface area contributed by atoms with Gasteiger partial charge in [-0.2, -0.15) is 0 Å². The highest BCUT2D eigenvalue weighted by Crippen LogP contribution is 2.13. The second-order valence-electron chi connectivity index (χ2n) is 4.69. The van der Waals surface area contributed by atoms with Crippen molar-refractivity contribution in [2.24, 2.45) is 0 Å². The van der Waals surface area contributed by atoms with E-state index in [2.05, 4.69) is 5.32 Å². The number of piperazine rings is 1. The Hall–Kier alpha value is -0.650. The summed E-state index contributed by atoms with van der Waals surface area (Å²) in [5.74, 6) is 0.101. The Morgan fingerprint density at radius 2 is 2.29 bits per heavy atom. The molecule has 2 atom stereocenters. The molecule has 0 aromatic heterocycles. The molecule has 0 aromatic rings. The average Bonchev–Trinajstić information content (AvgIpc) is 2.89. The first kappa shape index (κ1) is 12.8. The molecule has 2 heterocycles. The normalized spacial score (nSPS) is 27.1. The van der Waals surface area contributed by atoms with Gasteiger partial charge in [0.1, 0.15) is 6.10 Å². The summed E-state index contributed by atoms with van der Waals surface area (Å²) in [7, 11) is 0. The first-order valence-electron chi connectivity index (χ1n) is 6.50. The Balaban J connectivity index is 1.70. The van der Waals surface area contributed by atoms with Gasteiger partial charge in [0.15, 0.2) is 0 Å². The van der Waals surface area contributed by atoms with E-state index in [0.29, 0.717) is 6.61 Å². The van der Waals surface area contributed by atoms with Crippen LogP contribution in [0.5, 0.6) is 0 Å². The number of amides is 1. The van der Waals surface area contributed by atoms with E-state index in [1.807, 2.05) is 11.8 Å². The van der Waals surface area contributed by atoms with Gasteiger partial charge >= 0.3 is 0 Å². The van der Waals surface area contributed by atoms with E-state index in [0.717, 1.165) is 45.6 Å². The monoisotopic (exact) mass is 242 g/mol. The van der Waals surface area contributed by atoms with Gasteiger partial charge in [0.05, 0.1) is 12.7 Å². The third kappa shape index (κ3) is 3.66. The third-order valence-electron chi connectivity index (χ3n) is 3.33. The molecule has 2 aliphatic heterocycles. The Kier molecular flexibility index (Phi) is 4.76. The maximum atomic E-state index is 12.0. The number of ether oxygens (including phenoxy) is 2. The molecule has 5 nitrogen and oxygen atoms in total. The summed E-state index contributed by atoms with van der Waals surface area (Å²) in [6.07, 6.45) is 1.99. The van der Waals surface area contributed by atoms with Crippen molar-refractivity contribution in [2.75, 3.05) is 39.4 Å². The van der Waals surface area contributed by atoms with E-state index in [1.54, 1.807) is 0 Å². The maximum Gasteiger partial charge on any atom is 0.251 e. The van der Waals surface area contributed by atoms with Crippen LogP contribution >= 0.6 is 0 Å². The Morgan fingerprint density at radius 1 is 1.53 bits per heavy atom. The van der Waals surface area contributed by atoms with Crippen molar-refractivity contribution in [1.29, 1.82) is 0 Å². The van der Waals surface area contributed by atoms with Crippen molar-refractivity contribution in [3.05, 3.63) is 0 Å². The highest BCUT2D eigenvalue weighted by Gasteiger charge is 2.24. The van der Waals surface area contributed by atoms with Crippen LogP contribution in [0.15, 0.2) is 0 Å². The molecule has 2 rings (SSSR count). The molecule has 2 aliphatic rings. The Labute approximate surface area is 102 Å². The van der Waals surface area contributed by atoms with Gasteiger partial charge < -0.3 is 19.7 Å². The van der Waals surface area contributed by atoms with Crippen molar-refractivity contribution >= 4 is 5.91 Å². The van der Waals surface area contributed by atoms with Crippen LogP contribution in [0.1, 0.15) is 19.8 Å². The van der Waals surface area contributed by atoms with Crippen LogP contribution in [0.25, 0.3) is 0 Å².